The number of ether oxygens (including phenoxy) is 1. The van der Waals surface area contributed by atoms with E-state index < -0.39 is 5.60 Å². The molecule has 1 fully saturated rings. The number of aliphatic hydroxyl groups is 1. The normalized spacial score (nSPS) is 37.9. The molecule has 80 valence electrons. The molecule has 0 radical (unpaired) electrons. The number of nitriles is 1. The summed E-state index contributed by atoms with van der Waals surface area (Å²) in [6, 6.07) is 2.30. The van der Waals surface area contributed by atoms with Gasteiger partial charge in [-0.05, 0) is 18.8 Å². The van der Waals surface area contributed by atoms with Crippen LogP contribution in [0.4, 0.5) is 0 Å². The van der Waals surface area contributed by atoms with Gasteiger partial charge in [0.1, 0.15) is 0 Å². The molecule has 3 atom stereocenters. The van der Waals surface area contributed by atoms with Crippen molar-refractivity contribution in [3.8, 4) is 6.07 Å². The maximum atomic E-state index is 9.20. The van der Waals surface area contributed by atoms with Crippen LogP contribution in [-0.4, -0.2) is 23.9 Å². The van der Waals surface area contributed by atoms with E-state index in [0.717, 1.165) is 12.8 Å². The predicted octanol–water partition coefficient (Wildman–Crippen LogP) is 1.71. The lowest BCUT2D eigenvalue weighted by molar-refractivity contribution is -0.0868. The first-order chi connectivity index (χ1) is 6.66. The zero-order valence-corrected chi connectivity index (χ0v) is 8.99. The highest BCUT2D eigenvalue weighted by Crippen LogP contribution is 2.39. The summed E-state index contributed by atoms with van der Waals surface area (Å²) in [5.74, 6) is 0.787. The summed E-state index contributed by atoms with van der Waals surface area (Å²) in [5, 5.41) is 17.9. The smallest absolute Gasteiger partial charge is 0.157 e. The highest BCUT2D eigenvalue weighted by Gasteiger charge is 2.42. The Hall–Kier alpha value is -0.590. The summed E-state index contributed by atoms with van der Waals surface area (Å²) in [5.41, 5.74) is -0.652. The van der Waals surface area contributed by atoms with Crippen LogP contribution in [0.25, 0.3) is 0 Å². The molecule has 0 aromatic heterocycles. The molecule has 3 nitrogen and oxygen atoms in total. The molecule has 3 heteroatoms. The Morgan fingerprint density at radius 2 is 2.29 bits per heavy atom. The van der Waals surface area contributed by atoms with E-state index >= 15 is 0 Å². The minimum atomic E-state index is -0.652. The number of rotatable bonds is 3. The Balaban J connectivity index is 2.71. The first-order valence-corrected chi connectivity index (χ1v) is 5.32. The van der Waals surface area contributed by atoms with E-state index in [4.69, 9.17) is 9.84 Å². The van der Waals surface area contributed by atoms with Crippen molar-refractivity contribution < 1.29 is 9.84 Å². The van der Waals surface area contributed by atoms with Gasteiger partial charge in [-0.25, -0.2) is 0 Å². The van der Waals surface area contributed by atoms with Crippen molar-refractivity contribution in [3.63, 3.8) is 0 Å². The van der Waals surface area contributed by atoms with Crippen molar-refractivity contribution in [1.82, 2.24) is 0 Å². The van der Waals surface area contributed by atoms with E-state index in [2.05, 4.69) is 19.9 Å². The third-order valence-corrected chi connectivity index (χ3v) is 3.44. The fourth-order valence-corrected chi connectivity index (χ4v) is 2.25. The van der Waals surface area contributed by atoms with Gasteiger partial charge < -0.3 is 9.84 Å². The molecule has 0 heterocycles. The maximum absolute atomic E-state index is 9.20. The highest BCUT2D eigenvalue weighted by atomic mass is 16.5. The fourth-order valence-electron chi connectivity index (χ4n) is 2.25. The Labute approximate surface area is 85.7 Å². The molecule has 0 aromatic carbocycles. The molecule has 0 saturated heterocycles. The lowest BCUT2D eigenvalue weighted by Crippen LogP contribution is -2.44. The van der Waals surface area contributed by atoms with Gasteiger partial charge in [0.15, 0.2) is 5.60 Å². The van der Waals surface area contributed by atoms with E-state index in [1.807, 2.05) is 0 Å². The lowest BCUT2D eigenvalue weighted by Gasteiger charge is -2.40. The third kappa shape index (κ3) is 2.08. The SMILES string of the molecule is CC1CCCC(C#N)(OCCO)C1C. The monoisotopic (exact) mass is 197 g/mol. The number of aliphatic hydroxyl groups excluding tert-OH is 1. The molecule has 1 saturated carbocycles. The average Bonchev–Trinajstić information content (AvgIpc) is 2.21. The van der Waals surface area contributed by atoms with Crippen LogP contribution < -0.4 is 0 Å². The number of nitrogens with zero attached hydrogens (tertiary/aromatic N) is 1. The second-order valence-corrected chi connectivity index (χ2v) is 4.23. The summed E-state index contributed by atoms with van der Waals surface area (Å²) < 4.78 is 5.54. The Bertz CT molecular complexity index is 224. The van der Waals surface area contributed by atoms with E-state index in [1.54, 1.807) is 0 Å². The van der Waals surface area contributed by atoms with Crippen LogP contribution in [0.15, 0.2) is 0 Å². The van der Waals surface area contributed by atoms with Crippen LogP contribution in [0.5, 0.6) is 0 Å². The van der Waals surface area contributed by atoms with Crippen LogP contribution in [0.2, 0.25) is 0 Å². The Morgan fingerprint density at radius 3 is 2.86 bits per heavy atom. The van der Waals surface area contributed by atoms with Gasteiger partial charge in [-0.2, -0.15) is 5.26 Å². The van der Waals surface area contributed by atoms with Crippen molar-refractivity contribution in [2.75, 3.05) is 13.2 Å². The molecule has 1 aliphatic carbocycles. The summed E-state index contributed by atoms with van der Waals surface area (Å²) in [7, 11) is 0. The molecular weight excluding hydrogens is 178 g/mol. The van der Waals surface area contributed by atoms with Crippen molar-refractivity contribution in [2.45, 2.75) is 38.7 Å². The molecular formula is C11H19NO2. The fraction of sp³-hybridized carbons (Fsp3) is 0.909. The van der Waals surface area contributed by atoms with Gasteiger partial charge >= 0.3 is 0 Å². The molecule has 0 aromatic rings. The van der Waals surface area contributed by atoms with Gasteiger partial charge in [-0.1, -0.05) is 20.3 Å². The summed E-state index contributed by atoms with van der Waals surface area (Å²) in [6.07, 6.45) is 3.02. The minimum Gasteiger partial charge on any atom is -0.394 e. The van der Waals surface area contributed by atoms with E-state index in [9.17, 15) is 5.26 Å². The molecule has 1 rings (SSSR count). The van der Waals surface area contributed by atoms with Gasteiger partial charge in [0.2, 0.25) is 0 Å². The van der Waals surface area contributed by atoms with Crippen LogP contribution in [0.1, 0.15) is 33.1 Å². The van der Waals surface area contributed by atoms with Crippen LogP contribution in [-0.2, 0) is 4.74 Å². The van der Waals surface area contributed by atoms with Gasteiger partial charge in [-0.3, -0.25) is 0 Å². The number of hydrogen-bond acceptors (Lipinski definition) is 3. The first kappa shape index (κ1) is 11.5. The Kier molecular flexibility index (Phi) is 3.91. The predicted molar refractivity (Wildman–Crippen MR) is 53.6 cm³/mol. The Morgan fingerprint density at radius 1 is 1.57 bits per heavy atom. The van der Waals surface area contributed by atoms with E-state index in [-0.39, 0.29) is 19.1 Å². The second kappa shape index (κ2) is 4.77. The summed E-state index contributed by atoms with van der Waals surface area (Å²) in [4.78, 5) is 0. The quantitative estimate of drug-likeness (QED) is 0.749. The zero-order chi connectivity index (χ0) is 10.6. The third-order valence-electron chi connectivity index (χ3n) is 3.44. The summed E-state index contributed by atoms with van der Waals surface area (Å²) >= 11 is 0. The molecule has 1 aliphatic rings. The molecule has 3 unspecified atom stereocenters. The first-order valence-electron chi connectivity index (χ1n) is 5.32. The molecule has 0 spiro atoms. The van der Waals surface area contributed by atoms with Crippen molar-refractivity contribution >= 4 is 0 Å². The van der Waals surface area contributed by atoms with E-state index in [0.29, 0.717) is 5.92 Å². The van der Waals surface area contributed by atoms with Gasteiger partial charge in [-0.15, -0.1) is 0 Å². The number of hydrogen-bond donors (Lipinski definition) is 1. The zero-order valence-electron chi connectivity index (χ0n) is 8.99. The van der Waals surface area contributed by atoms with Crippen LogP contribution in [0, 0.1) is 23.2 Å². The van der Waals surface area contributed by atoms with Crippen molar-refractivity contribution in [2.24, 2.45) is 11.8 Å². The standard InChI is InChI=1S/C11H19NO2/c1-9-4-3-5-11(8-12,10(9)2)14-7-6-13/h9-10,13H,3-7H2,1-2H3. The van der Waals surface area contributed by atoms with Crippen molar-refractivity contribution in [1.29, 1.82) is 5.26 Å². The molecule has 14 heavy (non-hydrogen) atoms. The molecule has 0 bridgehead atoms. The van der Waals surface area contributed by atoms with Gasteiger partial charge in [0.25, 0.3) is 0 Å². The average molecular weight is 197 g/mol. The molecule has 0 amide bonds. The minimum absolute atomic E-state index is 0.00939. The molecule has 0 aliphatic heterocycles. The largest absolute Gasteiger partial charge is 0.394 e. The van der Waals surface area contributed by atoms with Crippen LogP contribution >= 0.6 is 0 Å². The summed E-state index contributed by atoms with van der Waals surface area (Å²) in [6.45, 7) is 4.50. The van der Waals surface area contributed by atoms with Gasteiger partial charge in [0.05, 0.1) is 19.3 Å². The molecule has 1 N–H and O–H groups in total. The van der Waals surface area contributed by atoms with Crippen molar-refractivity contribution in [3.05, 3.63) is 0 Å². The lowest BCUT2D eigenvalue weighted by atomic mass is 9.71. The van der Waals surface area contributed by atoms with Crippen LogP contribution in [0.3, 0.4) is 0 Å². The second-order valence-electron chi connectivity index (χ2n) is 4.23. The topological polar surface area (TPSA) is 53.2 Å². The van der Waals surface area contributed by atoms with Gasteiger partial charge in [0, 0.05) is 5.92 Å². The maximum Gasteiger partial charge on any atom is 0.157 e. The van der Waals surface area contributed by atoms with E-state index in [1.165, 1.54) is 6.42 Å². The highest BCUT2D eigenvalue weighted by molar-refractivity contribution is 5.08.